The quantitative estimate of drug-likeness (QED) is 0.496. The Hall–Kier alpha value is -2.44. The zero-order chi connectivity index (χ0) is 14.4. The van der Waals surface area contributed by atoms with E-state index in [1.807, 2.05) is 0 Å². The number of anilines is 1. The van der Waals surface area contributed by atoms with Crippen molar-refractivity contribution in [1.82, 2.24) is 0 Å². The summed E-state index contributed by atoms with van der Waals surface area (Å²) in [6.45, 7) is 1.27. The van der Waals surface area contributed by atoms with Gasteiger partial charge in [-0.15, -0.1) is 0 Å². The molecular formula is C12H14N2O5. The van der Waals surface area contributed by atoms with Crippen molar-refractivity contribution in [2.75, 3.05) is 12.4 Å². The van der Waals surface area contributed by atoms with Crippen molar-refractivity contribution in [3.8, 4) is 0 Å². The highest BCUT2D eigenvalue weighted by Crippen LogP contribution is 2.26. The summed E-state index contributed by atoms with van der Waals surface area (Å²) in [5.74, 6) is -0.757. The molecule has 102 valence electrons. The maximum absolute atomic E-state index is 11.0. The first-order chi connectivity index (χ1) is 8.93. The molecule has 0 radical (unpaired) electrons. The van der Waals surface area contributed by atoms with Gasteiger partial charge in [0.25, 0.3) is 5.69 Å². The molecule has 0 heterocycles. The lowest BCUT2D eigenvalue weighted by atomic mass is 10.1. The van der Waals surface area contributed by atoms with E-state index in [0.717, 1.165) is 0 Å². The number of methoxy groups -OCH3 is 1. The number of benzene rings is 1. The van der Waals surface area contributed by atoms with E-state index in [1.165, 1.54) is 26.2 Å². The smallest absolute Gasteiger partial charge is 0.305 e. The Morgan fingerprint density at radius 2 is 2.11 bits per heavy atom. The topological polar surface area (TPSA) is 98.5 Å². The van der Waals surface area contributed by atoms with Gasteiger partial charge < -0.3 is 10.1 Å². The second kappa shape index (κ2) is 6.48. The van der Waals surface area contributed by atoms with Crippen LogP contribution in [0.3, 0.4) is 0 Å². The minimum atomic E-state index is -0.574. The molecule has 0 spiro atoms. The zero-order valence-electron chi connectivity index (χ0n) is 10.6. The van der Waals surface area contributed by atoms with E-state index >= 15 is 0 Å². The number of amides is 1. The second-order valence-corrected chi connectivity index (χ2v) is 3.87. The maximum atomic E-state index is 11.0. The molecule has 0 aliphatic carbocycles. The number of nitrogens with one attached hydrogen (secondary N) is 1. The van der Waals surface area contributed by atoms with Crippen LogP contribution < -0.4 is 5.32 Å². The number of ether oxygens (including phenoxy) is 1. The van der Waals surface area contributed by atoms with Crippen LogP contribution in [0.15, 0.2) is 18.2 Å². The van der Waals surface area contributed by atoms with Gasteiger partial charge in [0.15, 0.2) is 0 Å². The summed E-state index contributed by atoms with van der Waals surface area (Å²) in [6, 6.07) is 4.34. The average molecular weight is 266 g/mol. The molecule has 0 unspecified atom stereocenters. The number of nitro groups is 1. The van der Waals surface area contributed by atoms with Crippen LogP contribution in [0.4, 0.5) is 11.4 Å². The number of hydrogen-bond acceptors (Lipinski definition) is 5. The fraction of sp³-hybridized carbons (Fsp3) is 0.333. The Balaban J connectivity index is 2.94. The largest absolute Gasteiger partial charge is 0.469 e. The summed E-state index contributed by atoms with van der Waals surface area (Å²) in [5, 5.41) is 13.2. The lowest BCUT2D eigenvalue weighted by Gasteiger charge is -2.06. The van der Waals surface area contributed by atoms with Gasteiger partial charge in [0.2, 0.25) is 5.91 Å². The van der Waals surface area contributed by atoms with Gasteiger partial charge in [-0.25, -0.2) is 0 Å². The highest BCUT2D eigenvalue weighted by atomic mass is 16.6. The van der Waals surface area contributed by atoms with Crippen molar-refractivity contribution < 1.29 is 19.2 Å². The minimum Gasteiger partial charge on any atom is -0.469 e. The predicted octanol–water partition coefficient (Wildman–Crippen LogP) is 1.66. The first-order valence-electron chi connectivity index (χ1n) is 5.55. The van der Waals surface area contributed by atoms with Crippen molar-refractivity contribution in [2.45, 2.75) is 19.8 Å². The van der Waals surface area contributed by atoms with Crippen LogP contribution in [-0.4, -0.2) is 23.9 Å². The molecule has 0 bridgehead atoms. The zero-order valence-corrected chi connectivity index (χ0v) is 10.6. The standard InChI is InChI=1S/C12H14N2O5/c1-8(15)13-10-7-9(4-6-12(16)19-2)3-5-11(10)14(17)18/h3,5,7H,4,6H2,1-2H3,(H,13,15). The molecule has 7 heteroatoms. The molecule has 0 aliphatic heterocycles. The Morgan fingerprint density at radius 3 is 2.63 bits per heavy atom. The third kappa shape index (κ3) is 4.38. The summed E-state index contributed by atoms with van der Waals surface area (Å²) in [7, 11) is 1.29. The number of esters is 1. The van der Waals surface area contributed by atoms with E-state index in [0.29, 0.717) is 12.0 Å². The Labute approximate surface area is 109 Å². The van der Waals surface area contributed by atoms with Gasteiger partial charge in [-0.2, -0.15) is 0 Å². The molecule has 0 atom stereocenters. The minimum absolute atomic E-state index is 0.125. The van der Waals surface area contributed by atoms with E-state index in [1.54, 1.807) is 6.07 Å². The molecule has 0 fully saturated rings. The lowest BCUT2D eigenvalue weighted by Crippen LogP contribution is -2.09. The van der Waals surface area contributed by atoms with E-state index < -0.39 is 10.8 Å². The fourth-order valence-electron chi connectivity index (χ4n) is 1.54. The Kier molecular flexibility index (Phi) is 4.99. The molecule has 1 aromatic rings. The van der Waals surface area contributed by atoms with Crippen molar-refractivity contribution in [1.29, 1.82) is 0 Å². The van der Waals surface area contributed by atoms with Crippen LogP contribution in [0.2, 0.25) is 0 Å². The van der Waals surface area contributed by atoms with Crippen molar-refractivity contribution >= 4 is 23.3 Å². The van der Waals surface area contributed by atoms with E-state index in [-0.39, 0.29) is 23.8 Å². The van der Waals surface area contributed by atoms with Gasteiger partial charge >= 0.3 is 5.97 Å². The molecule has 7 nitrogen and oxygen atoms in total. The molecular weight excluding hydrogens is 252 g/mol. The Bertz CT molecular complexity index is 513. The number of nitrogens with zero attached hydrogens (tertiary/aromatic N) is 1. The van der Waals surface area contributed by atoms with E-state index in [9.17, 15) is 19.7 Å². The summed E-state index contributed by atoms with van der Waals surface area (Å²) in [6.07, 6.45) is 0.561. The summed E-state index contributed by atoms with van der Waals surface area (Å²) in [4.78, 5) is 32.3. The summed E-state index contributed by atoms with van der Waals surface area (Å²) >= 11 is 0. The van der Waals surface area contributed by atoms with Gasteiger partial charge in [0.1, 0.15) is 5.69 Å². The number of carbonyl (C=O) groups excluding carboxylic acids is 2. The Morgan fingerprint density at radius 1 is 1.42 bits per heavy atom. The first-order valence-corrected chi connectivity index (χ1v) is 5.55. The number of aryl methyl sites for hydroxylation is 1. The molecule has 1 amide bonds. The normalized spacial score (nSPS) is 9.79. The molecule has 1 rings (SSSR count). The van der Waals surface area contributed by atoms with Gasteiger partial charge in [-0.05, 0) is 18.1 Å². The van der Waals surface area contributed by atoms with Gasteiger partial charge in [-0.1, -0.05) is 6.07 Å². The SMILES string of the molecule is COC(=O)CCc1ccc([N+](=O)[O-])c(NC(C)=O)c1. The van der Waals surface area contributed by atoms with Crippen LogP contribution in [0.25, 0.3) is 0 Å². The lowest BCUT2D eigenvalue weighted by molar-refractivity contribution is -0.383. The highest BCUT2D eigenvalue weighted by molar-refractivity contribution is 5.91. The van der Waals surface area contributed by atoms with Crippen LogP contribution >= 0.6 is 0 Å². The van der Waals surface area contributed by atoms with E-state index in [2.05, 4.69) is 10.1 Å². The molecule has 19 heavy (non-hydrogen) atoms. The number of hydrogen-bond donors (Lipinski definition) is 1. The van der Waals surface area contributed by atoms with Crippen LogP contribution in [0.5, 0.6) is 0 Å². The molecule has 1 aromatic carbocycles. The van der Waals surface area contributed by atoms with Gasteiger partial charge in [-0.3, -0.25) is 19.7 Å². The number of rotatable bonds is 5. The van der Waals surface area contributed by atoms with Crippen molar-refractivity contribution in [3.05, 3.63) is 33.9 Å². The predicted molar refractivity (Wildman–Crippen MR) is 67.7 cm³/mol. The van der Waals surface area contributed by atoms with Gasteiger partial charge in [0.05, 0.1) is 12.0 Å². The van der Waals surface area contributed by atoms with E-state index in [4.69, 9.17) is 0 Å². The number of carbonyl (C=O) groups is 2. The van der Waals surface area contributed by atoms with Crippen molar-refractivity contribution in [3.63, 3.8) is 0 Å². The van der Waals surface area contributed by atoms with Crippen molar-refractivity contribution in [2.24, 2.45) is 0 Å². The average Bonchev–Trinajstić information content (AvgIpc) is 2.35. The maximum Gasteiger partial charge on any atom is 0.305 e. The third-order valence-electron chi connectivity index (χ3n) is 2.41. The highest BCUT2D eigenvalue weighted by Gasteiger charge is 2.15. The second-order valence-electron chi connectivity index (χ2n) is 3.87. The molecule has 0 aromatic heterocycles. The fourth-order valence-corrected chi connectivity index (χ4v) is 1.54. The summed E-state index contributed by atoms with van der Waals surface area (Å²) < 4.78 is 4.51. The monoisotopic (exact) mass is 266 g/mol. The molecule has 0 saturated heterocycles. The molecule has 0 saturated carbocycles. The third-order valence-corrected chi connectivity index (χ3v) is 2.41. The van der Waals surface area contributed by atoms with Crippen LogP contribution in [0, 0.1) is 10.1 Å². The number of nitro benzene ring substituents is 1. The summed E-state index contributed by atoms with van der Waals surface area (Å²) in [5.41, 5.74) is 0.650. The molecule has 0 aliphatic rings. The first kappa shape index (κ1) is 14.6. The molecule has 1 N–H and O–H groups in total. The van der Waals surface area contributed by atoms with Crippen LogP contribution in [0.1, 0.15) is 18.9 Å². The van der Waals surface area contributed by atoms with Gasteiger partial charge in [0, 0.05) is 19.4 Å². The van der Waals surface area contributed by atoms with Crippen LogP contribution in [-0.2, 0) is 20.7 Å².